The van der Waals surface area contributed by atoms with Crippen LogP contribution >= 0.6 is 11.3 Å². The molecule has 2 N–H and O–H groups in total. The van der Waals surface area contributed by atoms with Crippen LogP contribution in [0, 0.1) is 0 Å². The molecule has 0 unspecified atom stereocenters. The van der Waals surface area contributed by atoms with Crippen molar-refractivity contribution in [1.29, 1.82) is 0 Å². The van der Waals surface area contributed by atoms with Crippen LogP contribution in [0.25, 0.3) is 11.3 Å². The summed E-state index contributed by atoms with van der Waals surface area (Å²) in [5, 5.41) is 7.99. The van der Waals surface area contributed by atoms with Crippen molar-refractivity contribution >= 4 is 34.2 Å². The van der Waals surface area contributed by atoms with Crippen molar-refractivity contribution in [2.75, 3.05) is 11.9 Å². The second-order valence-electron chi connectivity index (χ2n) is 7.63. The highest BCUT2D eigenvalue weighted by Crippen LogP contribution is 2.27. The number of nitrogens with one attached hydrogen (secondary N) is 2. The van der Waals surface area contributed by atoms with Gasteiger partial charge in [0.25, 0.3) is 0 Å². The number of carbonyl (C=O) groups excluding carboxylic acids is 3. The number of aromatic nitrogens is 1. The van der Waals surface area contributed by atoms with Gasteiger partial charge < -0.3 is 15.5 Å². The van der Waals surface area contributed by atoms with Gasteiger partial charge in [0.05, 0.1) is 5.69 Å². The van der Waals surface area contributed by atoms with Gasteiger partial charge in [0, 0.05) is 24.4 Å². The molecule has 0 aliphatic carbocycles. The number of benzene rings is 2. The molecule has 8 heteroatoms. The number of carbonyl (C=O) groups is 3. The van der Waals surface area contributed by atoms with Crippen LogP contribution in [0.15, 0.2) is 66.0 Å². The maximum Gasteiger partial charge on any atom is 0.250 e. The molecule has 1 fully saturated rings. The molecule has 1 saturated heterocycles. The Balaban J connectivity index is 1.49. The van der Waals surface area contributed by atoms with Crippen molar-refractivity contribution in [2.24, 2.45) is 0 Å². The highest BCUT2D eigenvalue weighted by molar-refractivity contribution is 7.14. The SMILES string of the molecule is CC(=O)N[C@@H](C(=O)N1CCC[C@H]1C(=O)Nc1nc(-c2ccccc2)cs1)c1ccccc1. The van der Waals surface area contributed by atoms with E-state index in [0.717, 1.165) is 17.7 Å². The van der Waals surface area contributed by atoms with E-state index in [9.17, 15) is 14.4 Å². The van der Waals surface area contributed by atoms with Gasteiger partial charge in [0.15, 0.2) is 5.13 Å². The Hall–Kier alpha value is -3.52. The summed E-state index contributed by atoms with van der Waals surface area (Å²) in [6.07, 6.45) is 1.29. The second-order valence-corrected chi connectivity index (χ2v) is 8.49. The number of rotatable bonds is 6. The zero-order chi connectivity index (χ0) is 22.5. The largest absolute Gasteiger partial charge is 0.341 e. The summed E-state index contributed by atoms with van der Waals surface area (Å²) in [7, 11) is 0. The summed E-state index contributed by atoms with van der Waals surface area (Å²) in [6.45, 7) is 1.84. The molecule has 3 amide bonds. The van der Waals surface area contributed by atoms with Crippen LogP contribution in [0.5, 0.6) is 0 Å². The fourth-order valence-corrected chi connectivity index (χ4v) is 4.59. The predicted octanol–water partition coefficient (Wildman–Crippen LogP) is 3.62. The van der Waals surface area contributed by atoms with E-state index in [1.807, 2.05) is 53.9 Å². The molecule has 2 atom stereocenters. The number of hydrogen-bond donors (Lipinski definition) is 2. The Kier molecular flexibility index (Phi) is 6.61. The number of hydrogen-bond acceptors (Lipinski definition) is 5. The topological polar surface area (TPSA) is 91.4 Å². The van der Waals surface area contributed by atoms with Crippen LogP contribution in [0.4, 0.5) is 5.13 Å². The van der Waals surface area contributed by atoms with Gasteiger partial charge in [-0.15, -0.1) is 11.3 Å². The van der Waals surface area contributed by atoms with E-state index >= 15 is 0 Å². The first-order valence-corrected chi connectivity index (χ1v) is 11.4. The average Bonchev–Trinajstić information content (AvgIpc) is 3.48. The lowest BCUT2D eigenvalue weighted by molar-refractivity contribution is -0.140. The smallest absolute Gasteiger partial charge is 0.250 e. The third-order valence-corrected chi connectivity index (χ3v) is 6.13. The van der Waals surface area contributed by atoms with Crippen molar-refractivity contribution in [1.82, 2.24) is 15.2 Å². The highest BCUT2D eigenvalue weighted by atomic mass is 32.1. The van der Waals surface area contributed by atoms with Gasteiger partial charge >= 0.3 is 0 Å². The monoisotopic (exact) mass is 448 g/mol. The first kappa shape index (κ1) is 21.7. The molecule has 0 bridgehead atoms. The minimum atomic E-state index is -0.827. The lowest BCUT2D eigenvalue weighted by atomic mass is 10.0. The summed E-state index contributed by atoms with van der Waals surface area (Å²) in [5.74, 6) is -0.851. The molecule has 164 valence electrons. The maximum atomic E-state index is 13.4. The molecule has 3 aromatic rings. The molecule has 4 rings (SSSR count). The normalized spacial score (nSPS) is 16.4. The molecule has 1 aromatic heterocycles. The number of likely N-dealkylation sites (tertiary alicyclic amines) is 1. The molecule has 7 nitrogen and oxygen atoms in total. The molecule has 32 heavy (non-hydrogen) atoms. The van der Waals surface area contributed by atoms with E-state index in [1.165, 1.54) is 18.3 Å². The molecular formula is C24H24N4O3S. The van der Waals surface area contributed by atoms with Crippen molar-refractivity contribution in [2.45, 2.75) is 31.8 Å². The minimum absolute atomic E-state index is 0.264. The number of nitrogens with zero attached hydrogens (tertiary/aromatic N) is 2. The number of anilines is 1. The Morgan fingerprint density at radius 1 is 1.06 bits per heavy atom. The van der Waals surface area contributed by atoms with Crippen molar-refractivity contribution in [3.05, 3.63) is 71.6 Å². The number of thiazole rings is 1. The fraction of sp³-hybridized carbons (Fsp3) is 0.250. The van der Waals surface area contributed by atoms with Crippen LogP contribution in [0.2, 0.25) is 0 Å². The lowest BCUT2D eigenvalue weighted by Crippen LogP contribution is -2.48. The summed E-state index contributed by atoms with van der Waals surface area (Å²) in [6, 6.07) is 17.4. The molecule has 0 saturated carbocycles. The van der Waals surface area contributed by atoms with Crippen LogP contribution in [-0.2, 0) is 14.4 Å². The molecule has 0 radical (unpaired) electrons. The maximum absolute atomic E-state index is 13.4. The molecule has 1 aliphatic heterocycles. The van der Waals surface area contributed by atoms with E-state index in [2.05, 4.69) is 15.6 Å². The standard InChI is InChI=1S/C24H24N4O3S/c1-16(29)25-21(18-11-6-3-7-12-18)23(31)28-14-8-13-20(28)22(30)27-24-26-19(15-32-24)17-9-4-2-5-10-17/h2-7,9-12,15,20-21H,8,13-14H2,1H3,(H,25,29)(H,26,27,30)/t20-,21+/m0/s1. The Bertz CT molecular complexity index is 1100. The Morgan fingerprint density at radius 3 is 2.44 bits per heavy atom. The Labute approximate surface area is 190 Å². The average molecular weight is 449 g/mol. The van der Waals surface area contributed by atoms with Crippen molar-refractivity contribution < 1.29 is 14.4 Å². The summed E-state index contributed by atoms with van der Waals surface area (Å²) < 4.78 is 0. The van der Waals surface area contributed by atoms with E-state index in [1.54, 1.807) is 17.0 Å². The third-order valence-electron chi connectivity index (χ3n) is 5.37. The van der Waals surface area contributed by atoms with Gasteiger partial charge in [-0.05, 0) is 18.4 Å². The van der Waals surface area contributed by atoms with Crippen LogP contribution in [-0.4, -0.2) is 40.2 Å². The lowest BCUT2D eigenvalue weighted by Gasteiger charge is -2.28. The molecule has 0 spiro atoms. The van der Waals surface area contributed by atoms with Gasteiger partial charge in [-0.1, -0.05) is 60.7 Å². The third kappa shape index (κ3) is 4.86. The van der Waals surface area contributed by atoms with Crippen molar-refractivity contribution in [3.63, 3.8) is 0 Å². The number of amides is 3. The van der Waals surface area contributed by atoms with E-state index in [-0.39, 0.29) is 17.7 Å². The van der Waals surface area contributed by atoms with E-state index < -0.39 is 12.1 Å². The predicted molar refractivity (Wildman–Crippen MR) is 124 cm³/mol. The zero-order valence-corrected chi connectivity index (χ0v) is 18.5. The highest BCUT2D eigenvalue weighted by Gasteiger charge is 2.38. The van der Waals surface area contributed by atoms with Gasteiger partial charge in [0.2, 0.25) is 17.7 Å². The molecular weight excluding hydrogens is 424 g/mol. The molecule has 1 aliphatic rings. The van der Waals surface area contributed by atoms with E-state index in [4.69, 9.17) is 0 Å². The van der Waals surface area contributed by atoms with Crippen molar-refractivity contribution in [3.8, 4) is 11.3 Å². The fourth-order valence-electron chi connectivity index (χ4n) is 3.87. The first-order valence-electron chi connectivity index (χ1n) is 10.5. The summed E-state index contributed by atoms with van der Waals surface area (Å²) in [4.78, 5) is 44.2. The van der Waals surface area contributed by atoms with E-state index in [0.29, 0.717) is 23.7 Å². The second kappa shape index (κ2) is 9.74. The van der Waals surface area contributed by atoms with Crippen LogP contribution < -0.4 is 10.6 Å². The summed E-state index contributed by atoms with van der Waals surface area (Å²) >= 11 is 1.35. The Morgan fingerprint density at radius 2 is 1.75 bits per heavy atom. The van der Waals surface area contributed by atoms with Gasteiger partial charge in [-0.3, -0.25) is 14.4 Å². The summed E-state index contributed by atoms with van der Waals surface area (Å²) in [5.41, 5.74) is 2.45. The first-order chi connectivity index (χ1) is 15.5. The van der Waals surface area contributed by atoms with Gasteiger partial charge in [-0.2, -0.15) is 0 Å². The van der Waals surface area contributed by atoms with Crippen LogP contribution in [0.1, 0.15) is 31.4 Å². The molecule has 2 aromatic carbocycles. The molecule has 2 heterocycles. The quantitative estimate of drug-likeness (QED) is 0.603. The van der Waals surface area contributed by atoms with Crippen LogP contribution in [0.3, 0.4) is 0 Å². The minimum Gasteiger partial charge on any atom is -0.341 e. The van der Waals surface area contributed by atoms with Gasteiger partial charge in [-0.25, -0.2) is 4.98 Å². The zero-order valence-electron chi connectivity index (χ0n) is 17.7. The van der Waals surface area contributed by atoms with Gasteiger partial charge in [0.1, 0.15) is 12.1 Å².